The molecule has 0 aliphatic heterocycles. The Morgan fingerprint density at radius 3 is 2.26 bits per heavy atom. The highest BCUT2D eigenvalue weighted by Crippen LogP contribution is 2.14. The molecule has 2 rings (SSSR count). The number of anilines is 1. The Morgan fingerprint density at radius 1 is 1.11 bits per heavy atom. The lowest BCUT2D eigenvalue weighted by Crippen LogP contribution is -2.21. The summed E-state index contributed by atoms with van der Waals surface area (Å²) in [6.07, 6.45) is 0. The Morgan fingerprint density at radius 2 is 1.74 bits per heavy atom. The summed E-state index contributed by atoms with van der Waals surface area (Å²) in [5, 5.41) is 13.8. The molecule has 0 fully saturated rings. The largest absolute Gasteiger partial charge is 0.545 e. The highest BCUT2D eigenvalue weighted by atomic mass is 16.5. The van der Waals surface area contributed by atoms with Crippen LogP contribution < -0.4 is 15.2 Å². The molecule has 0 bridgehead atoms. The van der Waals surface area contributed by atoms with E-state index < -0.39 is 5.97 Å². The van der Waals surface area contributed by atoms with Crippen LogP contribution in [0.3, 0.4) is 0 Å². The number of nitrogens with one attached hydrogen (secondary N) is 1. The van der Waals surface area contributed by atoms with Crippen molar-refractivity contribution in [1.82, 2.24) is 0 Å². The van der Waals surface area contributed by atoms with Crippen molar-refractivity contribution in [1.29, 1.82) is 0 Å². The predicted molar refractivity (Wildman–Crippen MR) is 71.1 cm³/mol. The molecule has 2 aromatic rings. The first kappa shape index (κ1) is 13.0. The van der Waals surface area contributed by atoms with Gasteiger partial charge < -0.3 is 20.0 Å². The van der Waals surface area contributed by atoms with E-state index in [1.165, 1.54) is 12.1 Å². The van der Waals surface area contributed by atoms with Gasteiger partial charge in [-0.2, -0.15) is 0 Å². The number of methoxy groups -OCH3 is 1. The van der Waals surface area contributed by atoms with E-state index in [1.54, 1.807) is 19.2 Å². The number of aromatic carboxylic acids is 1. The van der Waals surface area contributed by atoms with Crippen LogP contribution in [-0.4, -0.2) is 13.1 Å². The van der Waals surface area contributed by atoms with Gasteiger partial charge in [-0.15, -0.1) is 0 Å². The number of carboxylic acids is 1. The molecule has 0 aliphatic carbocycles. The van der Waals surface area contributed by atoms with Gasteiger partial charge in [-0.1, -0.05) is 24.3 Å². The van der Waals surface area contributed by atoms with Crippen LogP contribution in [-0.2, 0) is 6.54 Å². The lowest BCUT2D eigenvalue weighted by molar-refractivity contribution is -0.255. The molecule has 0 atom stereocenters. The lowest BCUT2D eigenvalue weighted by atomic mass is 10.2. The smallest absolute Gasteiger partial charge is 0.118 e. The second-order valence-corrected chi connectivity index (χ2v) is 4.07. The van der Waals surface area contributed by atoms with E-state index in [9.17, 15) is 9.90 Å². The Hall–Kier alpha value is -2.49. The third-order valence-corrected chi connectivity index (χ3v) is 2.78. The van der Waals surface area contributed by atoms with Gasteiger partial charge in [0.25, 0.3) is 0 Å². The van der Waals surface area contributed by atoms with Gasteiger partial charge >= 0.3 is 0 Å². The van der Waals surface area contributed by atoms with Gasteiger partial charge in [0.05, 0.1) is 13.1 Å². The maximum atomic E-state index is 10.6. The molecule has 0 aromatic heterocycles. The number of carbonyl (C=O) groups is 1. The topological polar surface area (TPSA) is 61.4 Å². The quantitative estimate of drug-likeness (QED) is 0.884. The Labute approximate surface area is 111 Å². The summed E-state index contributed by atoms with van der Waals surface area (Å²) in [7, 11) is 1.63. The monoisotopic (exact) mass is 256 g/mol. The Bertz CT molecular complexity index is 547. The summed E-state index contributed by atoms with van der Waals surface area (Å²) < 4.78 is 5.09. The molecule has 1 N–H and O–H groups in total. The minimum Gasteiger partial charge on any atom is -0.545 e. The summed E-state index contributed by atoms with van der Waals surface area (Å²) in [5.74, 6) is -0.344. The van der Waals surface area contributed by atoms with E-state index in [-0.39, 0.29) is 5.56 Å². The van der Waals surface area contributed by atoms with Crippen LogP contribution >= 0.6 is 0 Å². The molecular formula is C15H14NO3-. The average molecular weight is 256 g/mol. The standard InChI is InChI=1S/C15H15NO3/c1-19-14-8-2-11(3-9-14)10-16-13-6-4-12(5-7-13)15(17)18/h2-9,16H,10H2,1H3,(H,17,18)/p-1. The van der Waals surface area contributed by atoms with Crippen LogP contribution in [0.2, 0.25) is 0 Å². The van der Waals surface area contributed by atoms with Gasteiger partial charge in [0.15, 0.2) is 0 Å². The van der Waals surface area contributed by atoms with E-state index in [4.69, 9.17) is 4.74 Å². The molecule has 98 valence electrons. The van der Waals surface area contributed by atoms with Crippen molar-refractivity contribution < 1.29 is 14.6 Å². The van der Waals surface area contributed by atoms with Crippen LogP contribution in [0.5, 0.6) is 5.75 Å². The first-order valence-electron chi connectivity index (χ1n) is 5.87. The molecule has 2 aromatic carbocycles. The summed E-state index contributed by atoms with van der Waals surface area (Å²) in [5.41, 5.74) is 2.15. The minimum absolute atomic E-state index is 0.176. The number of ether oxygens (including phenoxy) is 1. The van der Waals surface area contributed by atoms with E-state index in [1.807, 2.05) is 24.3 Å². The van der Waals surface area contributed by atoms with Crippen molar-refractivity contribution in [3.63, 3.8) is 0 Å². The van der Waals surface area contributed by atoms with Crippen LogP contribution in [0.1, 0.15) is 15.9 Å². The van der Waals surface area contributed by atoms with E-state index in [0.717, 1.165) is 17.0 Å². The van der Waals surface area contributed by atoms with Crippen molar-refractivity contribution in [2.24, 2.45) is 0 Å². The molecule has 4 nitrogen and oxygen atoms in total. The molecule has 0 heterocycles. The zero-order chi connectivity index (χ0) is 13.7. The van der Waals surface area contributed by atoms with Crippen LogP contribution in [0.4, 0.5) is 5.69 Å². The van der Waals surface area contributed by atoms with Crippen LogP contribution in [0, 0.1) is 0 Å². The van der Waals surface area contributed by atoms with Crippen molar-refractivity contribution in [2.45, 2.75) is 6.54 Å². The van der Waals surface area contributed by atoms with Gasteiger partial charge in [-0.25, -0.2) is 0 Å². The molecule has 0 saturated heterocycles. The fourth-order valence-corrected chi connectivity index (χ4v) is 1.67. The van der Waals surface area contributed by atoms with Gasteiger partial charge in [0.1, 0.15) is 5.75 Å². The normalized spacial score (nSPS) is 9.95. The maximum absolute atomic E-state index is 10.6. The zero-order valence-electron chi connectivity index (χ0n) is 10.6. The van der Waals surface area contributed by atoms with E-state index in [2.05, 4.69) is 5.32 Å². The number of carboxylic acid groups (broad SMARTS) is 1. The second kappa shape index (κ2) is 5.91. The van der Waals surface area contributed by atoms with Crippen molar-refractivity contribution >= 4 is 11.7 Å². The van der Waals surface area contributed by atoms with Crippen molar-refractivity contribution in [3.05, 3.63) is 59.7 Å². The summed E-state index contributed by atoms with van der Waals surface area (Å²) in [6.45, 7) is 0.661. The number of hydrogen-bond donors (Lipinski definition) is 1. The third kappa shape index (κ3) is 3.48. The highest BCUT2D eigenvalue weighted by molar-refractivity contribution is 5.86. The Kier molecular flexibility index (Phi) is 4.03. The lowest BCUT2D eigenvalue weighted by Gasteiger charge is -2.08. The molecule has 19 heavy (non-hydrogen) atoms. The molecule has 0 amide bonds. The fourth-order valence-electron chi connectivity index (χ4n) is 1.67. The number of rotatable bonds is 5. The highest BCUT2D eigenvalue weighted by Gasteiger charge is 1.97. The molecule has 0 radical (unpaired) electrons. The first-order chi connectivity index (χ1) is 9.19. The summed E-state index contributed by atoms with van der Waals surface area (Å²) >= 11 is 0. The fraction of sp³-hybridized carbons (Fsp3) is 0.133. The summed E-state index contributed by atoms with van der Waals surface area (Å²) in [6, 6.07) is 14.2. The summed E-state index contributed by atoms with van der Waals surface area (Å²) in [4.78, 5) is 10.6. The third-order valence-electron chi connectivity index (χ3n) is 2.78. The molecule has 0 aliphatic rings. The number of benzene rings is 2. The van der Waals surface area contributed by atoms with E-state index >= 15 is 0 Å². The zero-order valence-corrected chi connectivity index (χ0v) is 10.6. The van der Waals surface area contributed by atoms with Gasteiger partial charge in [0, 0.05) is 12.2 Å². The molecule has 0 spiro atoms. The van der Waals surface area contributed by atoms with E-state index in [0.29, 0.717) is 6.54 Å². The van der Waals surface area contributed by atoms with Crippen LogP contribution in [0.15, 0.2) is 48.5 Å². The molecule has 0 unspecified atom stereocenters. The number of hydrogen-bond acceptors (Lipinski definition) is 4. The average Bonchev–Trinajstić information content (AvgIpc) is 2.46. The van der Waals surface area contributed by atoms with Crippen molar-refractivity contribution in [2.75, 3.05) is 12.4 Å². The van der Waals surface area contributed by atoms with Gasteiger partial charge in [0.2, 0.25) is 0 Å². The SMILES string of the molecule is COc1ccc(CNc2ccc(C(=O)[O-])cc2)cc1. The van der Waals surface area contributed by atoms with Crippen LogP contribution in [0.25, 0.3) is 0 Å². The number of carbonyl (C=O) groups excluding carboxylic acids is 1. The van der Waals surface area contributed by atoms with Gasteiger partial charge in [-0.05, 0) is 35.4 Å². The Balaban J connectivity index is 1.95. The minimum atomic E-state index is -1.17. The first-order valence-corrected chi connectivity index (χ1v) is 5.87. The second-order valence-electron chi connectivity index (χ2n) is 4.07. The molecule has 4 heteroatoms. The molecule has 0 saturated carbocycles. The predicted octanol–water partition coefficient (Wildman–Crippen LogP) is 1.67. The van der Waals surface area contributed by atoms with Gasteiger partial charge in [-0.3, -0.25) is 0 Å². The molecular weight excluding hydrogens is 242 g/mol. The van der Waals surface area contributed by atoms with Crippen molar-refractivity contribution in [3.8, 4) is 5.75 Å². The maximum Gasteiger partial charge on any atom is 0.118 e.